The van der Waals surface area contributed by atoms with Crippen LogP contribution in [0.5, 0.6) is 0 Å². The first-order chi connectivity index (χ1) is 23.1. The molecule has 2 spiro atoms. The zero-order chi connectivity index (χ0) is 36.7. The van der Waals surface area contributed by atoms with E-state index in [1.54, 1.807) is 0 Å². The number of aliphatic hydroxyl groups excluding tert-OH is 1. The normalized spacial score (nSPS) is 31.2. The van der Waals surface area contributed by atoms with Crippen LogP contribution in [-0.4, -0.2) is 41.8 Å². The van der Waals surface area contributed by atoms with Crippen molar-refractivity contribution in [2.75, 3.05) is 13.2 Å². The van der Waals surface area contributed by atoms with E-state index in [1.807, 2.05) is 58.0 Å². The molecule has 7 rings (SSSR count). The van der Waals surface area contributed by atoms with Gasteiger partial charge in [0.15, 0.2) is 11.6 Å². The molecule has 5 aliphatic rings. The van der Waals surface area contributed by atoms with Crippen molar-refractivity contribution in [1.82, 2.24) is 0 Å². The fourth-order valence-electron chi connectivity index (χ4n) is 8.52. The van der Waals surface area contributed by atoms with E-state index in [-0.39, 0.29) is 52.2 Å². The van der Waals surface area contributed by atoms with Crippen LogP contribution in [0.2, 0.25) is 0 Å². The van der Waals surface area contributed by atoms with Crippen LogP contribution in [0.1, 0.15) is 112 Å². The summed E-state index contributed by atoms with van der Waals surface area (Å²) < 4.78 is 6.86. The van der Waals surface area contributed by atoms with Crippen molar-refractivity contribution in [3.63, 3.8) is 0 Å². The van der Waals surface area contributed by atoms with Gasteiger partial charge in [0.25, 0.3) is 0 Å². The first kappa shape index (κ1) is 43.1. The molecule has 1 aliphatic heterocycles. The van der Waals surface area contributed by atoms with Gasteiger partial charge in [-0.1, -0.05) is 85.5 Å². The predicted octanol–water partition coefficient (Wildman–Crippen LogP) is 11.3. The molecule has 2 aromatic rings. The SMILES string of the molecule is C1CCOC1.CC.C[C@@H]1CC2(Cc3ccc(Br)cc3C2=O)C[C@H](C)C1=O.C[C@@H]1CC2(Cc3ccc(Br)cc3C2=O)C[C@H](C)C1O.[Cl][Fe]([Cl])[Cl]. The number of Topliss-reactive ketones (excluding diaryl/α,β-unsaturated/α-hetero) is 3. The first-order valence-corrected chi connectivity index (χ1v) is 23.4. The third-order valence-corrected chi connectivity index (χ3v) is 11.4. The molecule has 0 aromatic heterocycles. The average molecular weight is 909 g/mol. The molecular weight excluding hydrogens is 858 g/mol. The van der Waals surface area contributed by atoms with Gasteiger partial charge in [0.05, 0.1) is 6.10 Å². The van der Waals surface area contributed by atoms with E-state index >= 15 is 0 Å². The predicted molar refractivity (Wildman–Crippen MR) is 204 cm³/mol. The Hall–Kier alpha value is -0.281. The Bertz CT molecular complexity index is 1430. The molecule has 3 unspecified atom stereocenters. The summed E-state index contributed by atoms with van der Waals surface area (Å²) in [7, 11) is 14.7. The fraction of sp³-hybridized carbons (Fsp3) is 0.605. The number of fused-ring (bicyclic) bond motifs is 2. The molecule has 0 bridgehead atoms. The summed E-state index contributed by atoms with van der Waals surface area (Å²) in [6.07, 6.45) is 6.97. The molecule has 2 aromatic carbocycles. The topological polar surface area (TPSA) is 80.7 Å². The maximum atomic E-state index is 12.8. The Morgan fingerprint density at radius 1 is 0.714 bits per heavy atom. The second-order valence-electron chi connectivity index (χ2n) is 14.1. The molecule has 49 heavy (non-hydrogen) atoms. The number of ketones is 3. The van der Waals surface area contributed by atoms with Gasteiger partial charge in [-0.3, -0.25) is 14.4 Å². The molecule has 0 radical (unpaired) electrons. The Morgan fingerprint density at radius 2 is 1.08 bits per heavy atom. The van der Waals surface area contributed by atoms with Gasteiger partial charge < -0.3 is 9.84 Å². The van der Waals surface area contributed by atoms with Crippen LogP contribution in [0.3, 0.4) is 0 Å². The summed E-state index contributed by atoms with van der Waals surface area (Å²) in [6.45, 7) is 14.1. The second-order valence-corrected chi connectivity index (χ2v) is 21.4. The molecule has 2 saturated carbocycles. The van der Waals surface area contributed by atoms with Crippen molar-refractivity contribution in [3.05, 3.63) is 67.6 Å². The number of halogens is 5. The number of benzene rings is 2. The van der Waals surface area contributed by atoms with Crippen molar-refractivity contribution in [2.45, 2.75) is 99.0 Å². The average Bonchev–Trinajstić information content (AvgIpc) is 3.77. The van der Waals surface area contributed by atoms with E-state index in [4.69, 9.17) is 35.0 Å². The van der Waals surface area contributed by atoms with E-state index < -0.39 is 11.2 Å². The molecule has 1 heterocycles. The summed E-state index contributed by atoms with van der Waals surface area (Å²) >= 11 is 5.54. The summed E-state index contributed by atoms with van der Waals surface area (Å²) in [4.78, 5) is 37.6. The molecule has 5 nitrogen and oxygen atoms in total. The van der Waals surface area contributed by atoms with Gasteiger partial charge in [0.1, 0.15) is 5.78 Å². The number of carbonyl (C=O) groups is 3. The molecule has 1 N–H and O–H groups in total. The van der Waals surface area contributed by atoms with Crippen LogP contribution < -0.4 is 0 Å². The van der Waals surface area contributed by atoms with Gasteiger partial charge in [-0.05, 0) is 98.6 Å². The molecule has 0 amide bonds. The van der Waals surface area contributed by atoms with Crippen molar-refractivity contribution in [1.29, 1.82) is 0 Å². The van der Waals surface area contributed by atoms with Crippen LogP contribution in [-0.2, 0) is 33.5 Å². The molecular formula is C38H50Br2Cl3FeO5. The maximum absolute atomic E-state index is 12.8. The van der Waals surface area contributed by atoms with E-state index in [1.165, 1.54) is 18.4 Å². The van der Waals surface area contributed by atoms with Crippen LogP contribution in [0, 0.1) is 34.5 Å². The molecule has 3 fully saturated rings. The first-order valence-electron chi connectivity index (χ1n) is 17.2. The van der Waals surface area contributed by atoms with Crippen molar-refractivity contribution in [2.24, 2.45) is 34.5 Å². The Balaban J connectivity index is 0.000000204. The van der Waals surface area contributed by atoms with E-state index in [2.05, 4.69) is 51.8 Å². The number of carbonyl (C=O) groups excluding carboxylic acids is 3. The number of aliphatic hydroxyl groups is 1. The summed E-state index contributed by atoms with van der Waals surface area (Å²) in [5.41, 5.74) is 3.45. The summed E-state index contributed by atoms with van der Waals surface area (Å²) in [5, 5.41) is 10.1. The minimum atomic E-state index is -1.33. The monoisotopic (exact) mass is 905 g/mol. The van der Waals surface area contributed by atoms with E-state index in [9.17, 15) is 19.5 Å². The molecule has 11 heteroatoms. The van der Waals surface area contributed by atoms with Gasteiger partial charge in [0.2, 0.25) is 0 Å². The van der Waals surface area contributed by atoms with Crippen molar-refractivity contribution < 1.29 is 35.4 Å². The fourth-order valence-corrected chi connectivity index (χ4v) is 9.24. The molecule has 4 aliphatic carbocycles. The molecule has 7 atom stereocenters. The summed E-state index contributed by atoms with van der Waals surface area (Å²) in [6, 6.07) is 12.0. The zero-order valence-electron chi connectivity index (χ0n) is 29.2. The minimum absolute atomic E-state index is 0.00505. The quantitative estimate of drug-likeness (QED) is 0.266. The Kier molecular flexibility index (Phi) is 16.9. The summed E-state index contributed by atoms with van der Waals surface area (Å²) in [5.74, 6) is 1.26. The van der Waals surface area contributed by atoms with E-state index in [0.29, 0.717) is 18.6 Å². The van der Waals surface area contributed by atoms with Gasteiger partial charge in [0, 0.05) is 56.0 Å². The van der Waals surface area contributed by atoms with Gasteiger partial charge in [-0.15, -0.1) is 0 Å². The van der Waals surface area contributed by atoms with Crippen molar-refractivity contribution >= 4 is 79.5 Å². The second kappa shape index (κ2) is 19.2. The third kappa shape index (κ3) is 10.7. The third-order valence-electron chi connectivity index (χ3n) is 10.4. The molecule has 1 saturated heterocycles. The Morgan fingerprint density at radius 3 is 1.43 bits per heavy atom. The van der Waals surface area contributed by atoms with Gasteiger partial charge >= 0.3 is 41.5 Å². The van der Waals surface area contributed by atoms with Gasteiger partial charge in [-0.25, -0.2) is 0 Å². The van der Waals surface area contributed by atoms with Crippen LogP contribution in [0.15, 0.2) is 45.3 Å². The standard InChI is InChI=1S/C16H19BrO2.C16H17BrO2.C4H8O.C2H6.3ClH.Fe/c2*1-9-6-16(7-10(2)14(9)18)8-11-3-4-12(17)5-13(11)15(16)19;1-2-4-5-3-1;1-2;;;;/h3-5,9-10,14,18H,6-8H2,1-2H3;3-5,9-10H,6-8H2,1-2H3;1-4H2;1-2H3;3*1H;/q;;;;;;;+3/p-3/t9-,10+,14?,16?;9-,10+,16?;;;;;;. The Labute approximate surface area is 326 Å². The number of hydrogen-bond donors (Lipinski definition) is 1. The van der Waals surface area contributed by atoms with E-state index in [0.717, 1.165) is 64.5 Å². The van der Waals surface area contributed by atoms with Crippen LogP contribution in [0.4, 0.5) is 0 Å². The molecule has 275 valence electrons. The number of hydrogen-bond acceptors (Lipinski definition) is 5. The number of rotatable bonds is 0. The van der Waals surface area contributed by atoms with Crippen LogP contribution >= 0.6 is 62.2 Å². The zero-order valence-corrected chi connectivity index (χ0v) is 35.8. The van der Waals surface area contributed by atoms with Crippen molar-refractivity contribution in [3.8, 4) is 0 Å². The van der Waals surface area contributed by atoms with Gasteiger partial charge in [-0.2, -0.15) is 0 Å². The van der Waals surface area contributed by atoms with Crippen LogP contribution in [0.25, 0.3) is 0 Å². The number of ether oxygens (including phenoxy) is 1.